The van der Waals surface area contributed by atoms with Crippen molar-refractivity contribution in [3.63, 3.8) is 0 Å². The maximum Gasteiger partial charge on any atom is 0.129 e. The van der Waals surface area contributed by atoms with Gasteiger partial charge in [0.25, 0.3) is 0 Å². The van der Waals surface area contributed by atoms with Crippen LogP contribution in [0.2, 0.25) is 0 Å². The molecule has 1 fully saturated rings. The molecule has 4 aromatic rings. The first-order valence-electron chi connectivity index (χ1n) is 10.7. The average molecular weight is 394 g/mol. The molecule has 0 bridgehead atoms. The zero-order valence-corrected chi connectivity index (χ0v) is 17.4. The summed E-state index contributed by atoms with van der Waals surface area (Å²) >= 11 is 0. The molecule has 1 saturated heterocycles. The fraction of sp³-hybridized carbons (Fsp3) is 0.222. The number of nitrogens with zero attached hydrogens (tertiary/aromatic N) is 3. The Morgan fingerprint density at radius 3 is 1.90 bits per heavy atom. The van der Waals surface area contributed by atoms with Crippen LogP contribution in [-0.4, -0.2) is 36.1 Å². The molecule has 2 heterocycles. The Balaban J connectivity index is 1.39. The van der Waals surface area contributed by atoms with Crippen LogP contribution in [0.4, 0.5) is 5.82 Å². The minimum absolute atomic E-state index is 0.292. The summed E-state index contributed by atoms with van der Waals surface area (Å²) in [7, 11) is 0. The van der Waals surface area contributed by atoms with E-state index in [1.165, 1.54) is 22.1 Å². The van der Waals surface area contributed by atoms with Crippen molar-refractivity contribution in [2.45, 2.75) is 13.0 Å². The van der Waals surface area contributed by atoms with Crippen LogP contribution >= 0.6 is 0 Å². The molecule has 0 amide bonds. The molecule has 0 atom stereocenters. The zero-order chi connectivity index (χ0) is 20.3. The molecule has 1 aliphatic rings. The van der Waals surface area contributed by atoms with E-state index in [9.17, 15) is 0 Å². The van der Waals surface area contributed by atoms with Gasteiger partial charge in [-0.25, -0.2) is 4.98 Å². The molecule has 0 radical (unpaired) electrons. The van der Waals surface area contributed by atoms with Gasteiger partial charge in [0.05, 0.1) is 11.6 Å². The van der Waals surface area contributed by atoms with Crippen LogP contribution in [-0.2, 0) is 0 Å². The quantitative estimate of drug-likeness (QED) is 0.459. The van der Waals surface area contributed by atoms with Gasteiger partial charge in [0.15, 0.2) is 0 Å². The highest BCUT2D eigenvalue weighted by molar-refractivity contribution is 5.83. The topological polar surface area (TPSA) is 19.4 Å². The number of para-hydroxylation sites is 1. The van der Waals surface area contributed by atoms with Gasteiger partial charge in [0.1, 0.15) is 5.82 Å². The van der Waals surface area contributed by atoms with Gasteiger partial charge in [-0.05, 0) is 35.7 Å². The number of aromatic nitrogens is 1. The lowest BCUT2D eigenvalue weighted by Crippen LogP contribution is -2.48. The van der Waals surface area contributed by atoms with Crippen LogP contribution in [0, 0.1) is 6.92 Å². The Bertz CT molecular complexity index is 1080. The van der Waals surface area contributed by atoms with Gasteiger partial charge in [0.2, 0.25) is 0 Å². The van der Waals surface area contributed by atoms with Gasteiger partial charge >= 0.3 is 0 Å². The van der Waals surface area contributed by atoms with Crippen molar-refractivity contribution < 1.29 is 0 Å². The van der Waals surface area contributed by atoms with Crippen molar-refractivity contribution in [2.75, 3.05) is 31.1 Å². The Morgan fingerprint density at radius 1 is 0.700 bits per heavy atom. The molecule has 0 aliphatic carbocycles. The number of rotatable bonds is 4. The lowest BCUT2D eigenvalue weighted by Gasteiger charge is -2.40. The van der Waals surface area contributed by atoms with E-state index in [1.54, 1.807) is 0 Å². The van der Waals surface area contributed by atoms with Crippen LogP contribution < -0.4 is 4.90 Å². The molecular weight excluding hydrogens is 366 g/mol. The standard InChI is InChI=1S/C27H27N3/c1-21-20-26(28-25-15-9-8-14-24(21)25)29-16-18-30(19-17-29)27(22-10-4-2-5-11-22)23-12-6-3-7-13-23/h2-15,20,27H,16-19H2,1H3. The molecule has 30 heavy (non-hydrogen) atoms. The summed E-state index contributed by atoms with van der Waals surface area (Å²) in [5, 5.41) is 1.24. The second kappa shape index (κ2) is 8.29. The number of anilines is 1. The van der Waals surface area contributed by atoms with Gasteiger partial charge in [-0.15, -0.1) is 0 Å². The zero-order valence-electron chi connectivity index (χ0n) is 17.4. The third-order valence-corrected chi connectivity index (χ3v) is 6.14. The van der Waals surface area contributed by atoms with E-state index in [-0.39, 0.29) is 0 Å². The van der Waals surface area contributed by atoms with Crippen LogP contribution in [0.15, 0.2) is 91.0 Å². The van der Waals surface area contributed by atoms with E-state index >= 15 is 0 Å². The summed E-state index contributed by atoms with van der Waals surface area (Å²) in [6, 6.07) is 32.7. The Kier molecular flexibility index (Phi) is 5.20. The largest absolute Gasteiger partial charge is 0.354 e. The monoisotopic (exact) mass is 393 g/mol. The van der Waals surface area contributed by atoms with E-state index in [4.69, 9.17) is 4.98 Å². The molecule has 5 rings (SSSR count). The average Bonchev–Trinajstić information content (AvgIpc) is 2.81. The molecule has 0 saturated carbocycles. The third kappa shape index (κ3) is 3.69. The van der Waals surface area contributed by atoms with Crippen molar-refractivity contribution >= 4 is 16.7 Å². The maximum absolute atomic E-state index is 4.95. The SMILES string of the molecule is Cc1cc(N2CCN(C(c3ccccc3)c3ccccc3)CC2)nc2ccccc12. The molecule has 150 valence electrons. The van der Waals surface area contributed by atoms with E-state index in [2.05, 4.69) is 108 Å². The summed E-state index contributed by atoms with van der Waals surface area (Å²) in [6.45, 7) is 6.19. The Hall–Kier alpha value is -3.17. The van der Waals surface area contributed by atoms with E-state index in [1.807, 2.05) is 0 Å². The van der Waals surface area contributed by atoms with Gasteiger partial charge in [0, 0.05) is 31.6 Å². The highest BCUT2D eigenvalue weighted by atomic mass is 15.3. The molecule has 3 heteroatoms. The van der Waals surface area contributed by atoms with Crippen LogP contribution in [0.1, 0.15) is 22.7 Å². The number of benzene rings is 3. The summed E-state index contributed by atoms with van der Waals surface area (Å²) < 4.78 is 0. The van der Waals surface area contributed by atoms with Gasteiger partial charge < -0.3 is 4.90 Å². The number of aryl methyl sites for hydroxylation is 1. The predicted molar refractivity (Wildman–Crippen MR) is 125 cm³/mol. The molecule has 0 N–H and O–H groups in total. The number of fused-ring (bicyclic) bond motifs is 1. The molecule has 3 aromatic carbocycles. The minimum atomic E-state index is 0.292. The number of hydrogen-bond donors (Lipinski definition) is 0. The summed E-state index contributed by atoms with van der Waals surface area (Å²) in [4.78, 5) is 9.99. The fourth-order valence-electron chi connectivity index (χ4n) is 4.59. The van der Waals surface area contributed by atoms with Crippen LogP contribution in [0.25, 0.3) is 10.9 Å². The molecule has 0 spiro atoms. The van der Waals surface area contributed by atoms with Gasteiger partial charge in [-0.3, -0.25) is 4.90 Å². The lowest BCUT2D eigenvalue weighted by molar-refractivity contribution is 0.212. The second-order valence-corrected chi connectivity index (χ2v) is 8.06. The molecule has 1 aromatic heterocycles. The number of pyridine rings is 1. The first-order valence-corrected chi connectivity index (χ1v) is 10.7. The second-order valence-electron chi connectivity index (χ2n) is 8.06. The number of piperazine rings is 1. The van der Waals surface area contributed by atoms with Gasteiger partial charge in [-0.1, -0.05) is 78.9 Å². The Labute approximate surface area is 178 Å². The third-order valence-electron chi connectivity index (χ3n) is 6.14. The molecule has 3 nitrogen and oxygen atoms in total. The maximum atomic E-state index is 4.95. The predicted octanol–water partition coefficient (Wildman–Crippen LogP) is 5.45. The fourth-order valence-corrected chi connectivity index (χ4v) is 4.59. The van der Waals surface area contributed by atoms with Crippen molar-refractivity contribution in [1.82, 2.24) is 9.88 Å². The van der Waals surface area contributed by atoms with E-state index < -0.39 is 0 Å². The van der Waals surface area contributed by atoms with Gasteiger partial charge in [-0.2, -0.15) is 0 Å². The lowest BCUT2D eigenvalue weighted by atomic mass is 9.96. The normalized spacial score (nSPS) is 15.1. The number of hydrogen-bond acceptors (Lipinski definition) is 3. The van der Waals surface area contributed by atoms with E-state index in [0.717, 1.165) is 37.5 Å². The minimum Gasteiger partial charge on any atom is -0.354 e. The summed E-state index contributed by atoms with van der Waals surface area (Å²) in [5.74, 6) is 1.10. The smallest absolute Gasteiger partial charge is 0.129 e. The Morgan fingerprint density at radius 2 is 1.27 bits per heavy atom. The van der Waals surface area contributed by atoms with Crippen LogP contribution in [0.3, 0.4) is 0 Å². The summed E-state index contributed by atoms with van der Waals surface area (Å²) in [6.07, 6.45) is 0. The first-order chi connectivity index (χ1) is 14.8. The molecular formula is C27H27N3. The van der Waals surface area contributed by atoms with Crippen molar-refractivity contribution in [1.29, 1.82) is 0 Å². The van der Waals surface area contributed by atoms with Crippen molar-refractivity contribution in [3.8, 4) is 0 Å². The van der Waals surface area contributed by atoms with E-state index in [0.29, 0.717) is 6.04 Å². The summed E-state index contributed by atoms with van der Waals surface area (Å²) in [5.41, 5.74) is 5.10. The molecule has 1 aliphatic heterocycles. The first kappa shape index (κ1) is 18.8. The highest BCUT2D eigenvalue weighted by Gasteiger charge is 2.27. The van der Waals surface area contributed by atoms with Crippen molar-refractivity contribution in [2.24, 2.45) is 0 Å². The van der Waals surface area contributed by atoms with Crippen molar-refractivity contribution in [3.05, 3.63) is 108 Å². The van der Waals surface area contributed by atoms with Crippen LogP contribution in [0.5, 0.6) is 0 Å². The highest BCUT2D eigenvalue weighted by Crippen LogP contribution is 2.30. The molecule has 0 unspecified atom stereocenters.